The Bertz CT molecular complexity index is 424. The molecule has 1 rings (SSSR count). The lowest BCUT2D eigenvalue weighted by Crippen LogP contribution is -2.04. The molecule has 0 aliphatic rings. The maximum atomic E-state index is 8.53. The highest BCUT2D eigenvalue weighted by Crippen LogP contribution is 2.34. The summed E-state index contributed by atoms with van der Waals surface area (Å²) < 4.78 is 15.6. The van der Waals surface area contributed by atoms with E-state index in [0.717, 1.165) is 5.69 Å². The van der Waals surface area contributed by atoms with E-state index in [-0.39, 0.29) is 12.5 Å². The molecular weight excluding hydrogens is 220 g/mol. The summed E-state index contributed by atoms with van der Waals surface area (Å²) in [7, 11) is 3.06. The van der Waals surface area contributed by atoms with Gasteiger partial charge in [0.05, 0.1) is 19.9 Å². The zero-order valence-electron chi connectivity index (χ0n) is 10.5. The fourth-order valence-corrected chi connectivity index (χ4v) is 1.41. The van der Waals surface area contributed by atoms with Gasteiger partial charge >= 0.3 is 0 Å². The number of nitriles is 1. The molecule has 92 valence electrons. The fourth-order valence-electron chi connectivity index (χ4n) is 1.41. The van der Waals surface area contributed by atoms with Crippen molar-refractivity contribution in [2.75, 3.05) is 20.8 Å². The lowest BCUT2D eigenvalue weighted by Gasteiger charge is -2.15. The van der Waals surface area contributed by atoms with Crippen LogP contribution >= 0.6 is 0 Å². The van der Waals surface area contributed by atoms with E-state index in [4.69, 9.17) is 19.5 Å². The van der Waals surface area contributed by atoms with Crippen LogP contribution in [0.25, 0.3) is 0 Å². The maximum Gasteiger partial charge on any atom is 0.257 e. The van der Waals surface area contributed by atoms with Crippen molar-refractivity contribution in [1.82, 2.24) is 4.98 Å². The van der Waals surface area contributed by atoms with Crippen LogP contribution < -0.4 is 14.2 Å². The first-order chi connectivity index (χ1) is 8.13. The van der Waals surface area contributed by atoms with Gasteiger partial charge in [-0.25, -0.2) is 4.98 Å². The van der Waals surface area contributed by atoms with Gasteiger partial charge in [0.25, 0.3) is 5.88 Å². The standard InChI is InChI=1S/C12H16N2O3/c1-8(2)11-9(17-6-5-13)7-10(15-3)12(14-11)16-4/h7-8H,6H2,1-4H3. The van der Waals surface area contributed by atoms with Crippen molar-refractivity contribution in [3.8, 4) is 23.4 Å². The molecule has 0 amide bonds. The topological polar surface area (TPSA) is 64.4 Å². The third kappa shape index (κ3) is 3.00. The number of hydrogen-bond acceptors (Lipinski definition) is 5. The van der Waals surface area contributed by atoms with Gasteiger partial charge in [-0.05, 0) is 5.92 Å². The van der Waals surface area contributed by atoms with E-state index in [1.165, 1.54) is 14.2 Å². The average molecular weight is 236 g/mol. The smallest absolute Gasteiger partial charge is 0.257 e. The van der Waals surface area contributed by atoms with Crippen LogP contribution in [0.5, 0.6) is 17.4 Å². The van der Waals surface area contributed by atoms with E-state index in [9.17, 15) is 0 Å². The Labute approximate surface area is 101 Å². The van der Waals surface area contributed by atoms with Crippen molar-refractivity contribution in [3.63, 3.8) is 0 Å². The SMILES string of the molecule is COc1cc(OCC#N)c(C(C)C)nc1OC. The van der Waals surface area contributed by atoms with Gasteiger partial charge in [-0.15, -0.1) is 0 Å². The van der Waals surface area contributed by atoms with Gasteiger partial charge in [0, 0.05) is 6.07 Å². The van der Waals surface area contributed by atoms with Crippen LogP contribution in [0.1, 0.15) is 25.5 Å². The van der Waals surface area contributed by atoms with Gasteiger partial charge in [-0.1, -0.05) is 13.8 Å². The molecule has 0 aliphatic carbocycles. The molecule has 0 saturated heterocycles. The molecule has 0 atom stereocenters. The van der Waals surface area contributed by atoms with Crippen LogP contribution in [0, 0.1) is 11.3 Å². The largest absolute Gasteiger partial charge is 0.491 e. The number of hydrogen-bond donors (Lipinski definition) is 0. The highest BCUT2D eigenvalue weighted by molar-refractivity contribution is 5.44. The lowest BCUT2D eigenvalue weighted by atomic mass is 10.1. The number of aromatic nitrogens is 1. The first kappa shape index (κ1) is 13.1. The Morgan fingerprint density at radius 3 is 2.47 bits per heavy atom. The molecular formula is C12H16N2O3. The van der Waals surface area contributed by atoms with Crippen LogP contribution in [0.4, 0.5) is 0 Å². The van der Waals surface area contributed by atoms with Crippen LogP contribution in [0.2, 0.25) is 0 Å². The number of ether oxygens (including phenoxy) is 3. The molecule has 17 heavy (non-hydrogen) atoms. The Morgan fingerprint density at radius 1 is 1.29 bits per heavy atom. The summed E-state index contributed by atoms with van der Waals surface area (Å²) in [5.74, 6) is 1.63. The third-order valence-corrected chi connectivity index (χ3v) is 2.20. The number of methoxy groups -OCH3 is 2. The normalized spacial score (nSPS) is 9.88. The molecule has 5 heteroatoms. The number of nitrogens with zero attached hydrogens (tertiary/aromatic N) is 2. The molecule has 0 saturated carbocycles. The van der Waals surface area contributed by atoms with Crippen LogP contribution in [0.15, 0.2) is 6.07 Å². The van der Waals surface area contributed by atoms with E-state index in [2.05, 4.69) is 4.98 Å². The van der Waals surface area contributed by atoms with Gasteiger partial charge in [0.1, 0.15) is 11.8 Å². The first-order valence-corrected chi connectivity index (χ1v) is 5.26. The minimum absolute atomic E-state index is 0.0170. The Hall–Kier alpha value is -1.96. The molecule has 1 aromatic rings. The molecule has 1 aromatic heterocycles. The summed E-state index contributed by atoms with van der Waals surface area (Å²) >= 11 is 0. The van der Waals surface area contributed by atoms with Crippen LogP contribution in [-0.4, -0.2) is 25.8 Å². The van der Waals surface area contributed by atoms with Crippen molar-refractivity contribution < 1.29 is 14.2 Å². The Kier molecular flexibility index (Phi) is 4.58. The molecule has 0 spiro atoms. The molecule has 0 aliphatic heterocycles. The predicted octanol–water partition coefficient (Wildman–Crippen LogP) is 2.12. The molecule has 5 nitrogen and oxygen atoms in total. The molecule has 0 unspecified atom stereocenters. The molecule has 0 radical (unpaired) electrons. The highest BCUT2D eigenvalue weighted by atomic mass is 16.5. The van der Waals surface area contributed by atoms with Gasteiger partial charge in [-0.2, -0.15) is 5.26 Å². The van der Waals surface area contributed by atoms with Crippen LogP contribution in [-0.2, 0) is 0 Å². The van der Waals surface area contributed by atoms with Gasteiger partial charge in [0.2, 0.25) is 0 Å². The maximum absolute atomic E-state index is 8.53. The van der Waals surface area contributed by atoms with Crippen molar-refractivity contribution in [1.29, 1.82) is 5.26 Å². The van der Waals surface area contributed by atoms with E-state index in [0.29, 0.717) is 17.4 Å². The molecule has 0 N–H and O–H groups in total. The summed E-state index contributed by atoms with van der Waals surface area (Å²) in [6.07, 6.45) is 0. The third-order valence-electron chi connectivity index (χ3n) is 2.20. The summed E-state index contributed by atoms with van der Waals surface area (Å²) in [6, 6.07) is 3.62. The lowest BCUT2D eigenvalue weighted by molar-refractivity contribution is 0.324. The second-order valence-corrected chi connectivity index (χ2v) is 3.68. The second-order valence-electron chi connectivity index (χ2n) is 3.68. The summed E-state index contributed by atoms with van der Waals surface area (Å²) in [5, 5.41) is 8.53. The van der Waals surface area contributed by atoms with Gasteiger partial charge < -0.3 is 14.2 Å². The highest BCUT2D eigenvalue weighted by Gasteiger charge is 2.16. The van der Waals surface area contributed by atoms with E-state index in [1.807, 2.05) is 19.9 Å². The average Bonchev–Trinajstić information content (AvgIpc) is 2.34. The zero-order valence-corrected chi connectivity index (χ0v) is 10.5. The fraction of sp³-hybridized carbons (Fsp3) is 0.500. The zero-order chi connectivity index (χ0) is 12.8. The van der Waals surface area contributed by atoms with Crippen molar-refractivity contribution in [2.24, 2.45) is 0 Å². The Balaban J connectivity index is 3.20. The molecule has 0 aromatic carbocycles. The summed E-state index contributed by atoms with van der Waals surface area (Å²) in [6.45, 7) is 3.97. The van der Waals surface area contributed by atoms with Crippen molar-refractivity contribution in [3.05, 3.63) is 11.8 Å². The predicted molar refractivity (Wildman–Crippen MR) is 62.5 cm³/mol. The minimum Gasteiger partial charge on any atom is -0.491 e. The minimum atomic E-state index is -0.0170. The first-order valence-electron chi connectivity index (χ1n) is 5.26. The molecule has 0 bridgehead atoms. The second kappa shape index (κ2) is 5.94. The molecule has 1 heterocycles. The monoisotopic (exact) mass is 236 g/mol. The summed E-state index contributed by atoms with van der Waals surface area (Å²) in [4.78, 5) is 4.33. The Morgan fingerprint density at radius 2 is 2.00 bits per heavy atom. The van der Waals surface area contributed by atoms with E-state index in [1.54, 1.807) is 6.07 Å². The number of pyridine rings is 1. The van der Waals surface area contributed by atoms with E-state index < -0.39 is 0 Å². The van der Waals surface area contributed by atoms with Gasteiger partial charge in [0.15, 0.2) is 12.4 Å². The summed E-state index contributed by atoms with van der Waals surface area (Å²) in [5.41, 5.74) is 0.748. The van der Waals surface area contributed by atoms with Gasteiger partial charge in [-0.3, -0.25) is 0 Å². The van der Waals surface area contributed by atoms with Crippen molar-refractivity contribution in [2.45, 2.75) is 19.8 Å². The van der Waals surface area contributed by atoms with Crippen LogP contribution in [0.3, 0.4) is 0 Å². The quantitative estimate of drug-likeness (QED) is 0.783. The number of rotatable bonds is 5. The van der Waals surface area contributed by atoms with Crippen molar-refractivity contribution >= 4 is 0 Å². The van der Waals surface area contributed by atoms with E-state index >= 15 is 0 Å². The molecule has 0 fully saturated rings.